The molecule has 1 aliphatic rings. The first-order valence-corrected chi connectivity index (χ1v) is 10.4. The van der Waals surface area contributed by atoms with Crippen molar-refractivity contribution in [2.75, 3.05) is 11.9 Å². The van der Waals surface area contributed by atoms with Gasteiger partial charge in [0, 0.05) is 32.8 Å². The van der Waals surface area contributed by atoms with Gasteiger partial charge in [0.2, 0.25) is 11.8 Å². The number of nitrogens with two attached hydrogens (primary N) is 1. The van der Waals surface area contributed by atoms with Crippen LogP contribution in [-0.2, 0) is 20.9 Å². The van der Waals surface area contributed by atoms with Crippen molar-refractivity contribution in [3.05, 3.63) is 70.5 Å². The molecule has 5 amide bonds. The van der Waals surface area contributed by atoms with Crippen LogP contribution in [0.25, 0.3) is 17.0 Å². The third-order valence-corrected chi connectivity index (χ3v) is 5.37. The number of halogens is 1. The van der Waals surface area contributed by atoms with Crippen LogP contribution in [0, 0.1) is 0 Å². The fourth-order valence-corrected chi connectivity index (χ4v) is 3.70. The predicted octanol–water partition coefficient (Wildman–Crippen LogP) is 2.42. The van der Waals surface area contributed by atoms with Crippen molar-refractivity contribution in [3.8, 4) is 0 Å². The highest BCUT2D eigenvalue weighted by molar-refractivity contribution is 9.10. The average molecular weight is 496 g/mol. The van der Waals surface area contributed by atoms with Crippen LogP contribution in [0.2, 0.25) is 0 Å². The fourth-order valence-electron chi connectivity index (χ4n) is 3.44. The van der Waals surface area contributed by atoms with Gasteiger partial charge in [-0.3, -0.25) is 14.4 Å². The molecule has 2 aromatic carbocycles. The van der Waals surface area contributed by atoms with Crippen molar-refractivity contribution in [2.24, 2.45) is 5.73 Å². The Morgan fingerprint density at radius 1 is 1.06 bits per heavy atom. The van der Waals surface area contributed by atoms with Crippen LogP contribution in [0.4, 0.5) is 10.5 Å². The van der Waals surface area contributed by atoms with Gasteiger partial charge < -0.3 is 20.9 Å². The molecular formula is C22H18BrN5O4. The Balaban J connectivity index is 1.54. The van der Waals surface area contributed by atoms with Crippen LogP contribution in [-0.4, -0.2) is 39.8 Å². The number of carbonyl (C=O) groups excluding carboxylic acids is 4. The number of aromatic nitrogens is 1. The zero-order chi connectivity index (χ0) is 22.8. The number of amides is 5. The molecular weight excluding hydrogens is 478 g/mol. The van der Waals surface area contributed by atoms with Crippen molar-refractivity contribution in [2.45, 2.75) is 6.54 Å². The summed E-state index contributed by atoms with van der Waals surface area (Å²) in [5, 5.41) is 5.94. The molecule has 0 unspecified atom stereocenters. The van der Waals surface area contributed by atoms with Gasteiger partial charge in [-0.2, -0.15) is 0 Å². The number of anilines is 1. The highest BCUT2D eigenvalue weighted by atomic mass is 79.9. The second kappa shape index (κ2) is 8.67. The summed E-state index contributed by atoms with van der Waals surface area (Å²) in [6.45, 7) is -0.451. The lowest BCUT2D eigenvalue weighted by atomic mass is 10.1. The maximum Gasteiger partial charge on any atom is 0.329 e. The van der Waals surface area contributed by atoms with E-state index in [0.29, 0.717) is 11.3 Å². The van der Waals surface area contributed by atoms with Crippen molar-refractivity contribution < 1.29 is 19.2 Å². The summed E-state index contributed by atoms with van der Waals surface area (Å²) in [4.78, 5) is 49.7. The molecule has 9 nitrogen and oxygen atoms in total. The van der Waals surface area contributed by atoms with E-state index in [1.54, 1.807) is 35.0 Å². The van der Waals surface area contributed by atoms with Gasteiger partial charge in [0.05, 0.1) is 0 Å². The van der Waals surface area contributed by atoms with E-state index in [1.807, 2.05) is 24.3 Å². The van der Waals surface area contributed by atoms with E-state index in [0.717, 1.165) is 20.3 Å². The van der Waals surface area contributed by atoms with Gasteiger partial charge in [-0.15, -0.1) is 0 Å². The molecule has 1 fully saturated rings. The second-order valence-electron chi connectivity index (χ2n) is 7.13. The van der Waals surface area contributed by atoms with Crippen LogP contribution < -0.4 is 16.4 Å². The SMILES string of the molecule is NC(=O)Cn1cc(C=C2NC(=O)N(CC(=O)Nc3ccc(Br)cc3)C2=O)c2ccccc21. The summed E-state index contributed by atoms with van der Waals surface area (Å²) in [5.74, 6) is -1.62. The van der Waals surface area contributed by atoms with Gasteiger partial charge in [0.15, 0.2) is 0 Å². The average Bonchev–Trinajstić information content (AvgIpc) is 3.22. The molecule has 4 rings (SSSR count). The molecule has 0 aliphatic carbocycles. The molecule has 1 aliphatic heterocycles. The molecule has 0 saturated carbocycles. The summed E-state index contributed by atoms with van der Waals surface area (Å²) in [6.07, 6.45) is 3.21. The van der Waals surface area contributed by atoms with E-state index in [-0.39, 0.29) is 12.2 Å². The molecule has 0 bridgehead atoms. The number of fused-ring (bicyclic) bond motifs is 1. The highest BCUT2D eigenvalue weighted by Gasteiger charge is 2.35. The summed E-state index contributed by atoms with van der Waals surface area (Å²) in [6, 6.07) is 13.5. The van der Waals surface area contributed by atoms with Crippen LogP contribution in [0.5, 0.6) is 0 Å². The molecule has 0 radical (unpaired) electrons. The van der Waals surface area contributed by atoms with Gasteiger partial charge in [-0.25, -0.2) is 9.69 Å². The van der Waals surface area contributed by atoms with Crippen LogP contribution in [0.3, 0.4) is 0 Å². The Morgan fingerprint density at radius 2 is 1.78 bits per heavy atom. The van der Waals surface area contributed by atoms with Crippen LogP contribution in [0.15, 0.2) is 64.9 Å². The van der Waals surface area contributed by atoms with E-state index in [4.69, 9.17) is 5.73 Å². The van der Waals surface area contributed by atoms with E-state index in [2.05, 4.69) is 26.6 Å². The van der Waals surface area contributed by atoms with Crippen molar-refractivity contribution in [3.63, 3.8) is 0 Å². The lowest BCUT2D eigenvalue weighted by Gasteiger charge is -2.12. The van der Waals surface area contributed by atoms with E-state index >= 15 is 0 Å². The molecule has 2 heterocycles. The van der Waals surface area contributed by atoms with Crippen molar-refractivity contribution in [1.29, 1.82) is 0 Å². The number of hydrogen-bond acceptors (Lipinski definition) is 4. The molecule has 32 heavy (non-hydrogen) atoms. The smallest absolute Gasteiger partial charge is 0.329 e. The first kappa shape index (κ1) is 21.3. The van der Waals surface area contributed by atoms with Crippen LogP contribution >= 0.6 is 15.9 Å². The summed E-state index contributed by atoms with van der Waals surface area (Å²) >= 11 is 3.31. The molecule has 0 atom stereocenters. The first-order chi connectivity index (χ1) is 15.3. The van der Waals surface area contributed by atoms with Gasteiger partial charge in [-0.1, -0.05) is 34.1 Å². The molecule has 0 spiro atoms. The summed E-state index contributed by atoms with van der Waals surface area (Å²) < 4.78 is 2.53. The molecule has 10 heteroatoms. The van der Waals surface area contributed by atoms with Gasteiger partial charge in [0.25, 0.3) is 5.91 Å². The number of imide groups is 1. The molecule has 1 saturated heterocycles. The Kier molecular flexibility index (Phi) is 5.78. The number of urea groups is 1. The Bertz CT molecular complexity index is 1280. The number of rotatable bonds is 6. The molecule has 1 aromatic heterocycles. The number of benzene rings is 2. The standard InChI is InChI=1S/C22H18BrN5O4/c23-14-5-7-15(8-6-14)25-20(30)12-28-21(31)17(26-22(28)32)9-13-10-27(11-19(24)29)18-4-2-1-3-16(13)18/h1-10H,11-12H2,(H2,24,29)(H,25,30)(H,26,32). The minimum Gasteiger partial charge on any atom is -0.368 e. The third-order valence-electron chi connectivity index (χ3n) is 4.84. The Labute approximate surface area is 191 Å². The summed E-state index contributed by atoms with van der Waals surface area (Å²) in [5.41, 5.74) is 7.30. The minimum atomic E-state index is -0.687. The zero-order valence-electron chi connectivity index (χ0n) is 16.7. The van der Waals surface area contributed by atoms with E-state index in [1.165, 1.54) is 6.08 Å². The summed E-state index contributed by atoms with van der Waals surface area (Å²) in [7, 11) is 0. The fraction of sp³-hybridized carbons (Fsp3) is 0.0909. The van der Waals surface area contributed by atoms with E-state index < -0.39 is 30.3 Å². The zero-order valence-corrected chi connectivity index (χ0v) is 18.3. The molecule has 3 aromatic rings. The predicted molar refractivity (Wildman–Crippen MR) is 122 cm³/mol. The van der Waals surface area contributed by atoms with Gasteiger partial charge in [-0.05, 0) is 36.4 Å². The number of primary amides is 1. The van der Waals surface area contributed by atoms with Gasteiger partial charge >= 0.3 is 6.03 Å². The Morgan fingerprint density at radius 3 is 2.50 bits per heavy atom. The van der Waals surface area contributed by atoms with Crippen molar-refractivity contribution >= 4 is 62.3 Å². The number of para-hydroxylation sites is 1. The first-order valence-electron chi connectivity index (χ1n) is 9.58. The monoisotopic (exact) mass is 495 g/mol. The number of hydrogen-bond donors (Lipinski definition) is 3. The second-order valence-corrected chi connectivity index (χ2v) is 8.05. The maximum absolute atomic E-state index is 12.8. The molecule has 162 valence electrons. The number of carbonyl (C=O) groups is 4. The lowest BCUT2D eigenvalue weighted by molar-refractivity contribution is -0.127. The third kappa shape index (κ3) is 4.40. The number of nitrogens with one attached hydrogen (secondary N) is 2. The minimum absolute atomic E-state index is 0.0215. The van der Waals surface area contributed by atoms with Crippen molar-refractivity contribution in [1.82, 2.24) is 14.8 Å². The Hall–Kier alpha value is -3.92. The lowest BCUT2D eigenvalue weighted by Crippen LogP contribution is -2.38. The topological polar surface area (TPSA) is 127 Å². The van der Waals surface area contributed by atoms with Gasteiger partial charge in [0.1, 0.15) is 18.8 Å². The van der Waals surface area contributed by atoms with E-state index in [9.17, 15) is 19.2 Å². The highest BCUT2D eigenvalue weighted by Crippen LogP contribution is 2.25. The van der Waals surface area contributed by atoms with Crippen LogP contribution in [0.1, 0.15) is 5.56 Å². The maximum atomic E-state index is 12.8. The molecule has 4 N–H and O–H groups in total. The number of nitrogens with zero attached hydrogens (tertiary/aromatic N) is 2. The normalized spacial score (nSPS) is 14.8. The quantitative estimate of drug-likeness (QED) is 0.358. The largest absolute Gasteiger partial charge is 0.368 e.